The smallest absolute Gasteiger partial charge is 0.323 e. The minimum Gasteiger partial charge on any atom is -0.323 e. The highest BCUT2D eigenvalue weighted by molar-refractivity contribution is 6.07. The average molecular weight is 329 g/mol. The molecule has 2 heterocycles. The van der Waals surface area contributed by atoms with Crippen LogP contribution in [0.15, 0.2) is 24.3 Å². The van der Waals surface area contributed by atoms with E-state index >= 15 is 0 Å². The van der Waals surface area contributed by atoms with Crippen molar-refractivity contribution < 1.29 is 9.59 Å². The van der Waals surface area contributed by atoms with Crippen LogP contribution in [0, 0.1) is 12.8 Å². The predicted octanol–water partition coefficient (Wildman–Crippen LogP) is 2.54. The quantitative estimate of drug-likeness (QED) is 0.864. The lowest BCUT2D eigenvalue weighted by atomic mass is 9.87. The first kappa shape index (κ1) is 17.0. The topological polar surface area (TPSA) is 52.7 Å². The van der Waals surface area contributed by atoms with Crippen LogP contribution in [0.2, 0.25) is 0 Å². The zero-order chi connectivity index (χ0) is 17.3. The molecule has 2 aliphatic rings. The van der Waals surface area contributed by atoms with Gasteiger partial charge in [-0.3, -0.25) is 9.69 Å². The summed E-state index contributed by atoms with van der Waals surface area (Å²) in [7, 11) is 0. The molecule has 3 amide bonds. The maximum absolute atomic E-state index is 12.9. The summed E-state index contributed by atoms with van der Waals surface area (Å²) in [6.07, 6.45) is 1.41. The van der Waals surface area contributed by atoms with Crippen LogP contribution in [0.25, 0.3) is 0 Å². The van der Waals surface area contributed by atoms with Gasteiger partial charge in [-0.15, -0.1) is 0 Å². The van der Waals surface area contributed by atoms with Gasteiger partial charge in [-0.2, -0.15) is 0 Å². The molecule has 1 spiro atoms. The molecule has 5 heteroatoms. The summed E-state index contributed by atoms with van der Waals surface area (Å²) in [4.78, 5) is 29.1. The first-order valence-corrected chi connectivity index (χ1v) is 8.82. The van der Waals surface area contributed by atoms with Crippen molar-refractivity contribution in [2.75, 3.05) is 19.6 Å². The van der Waals surface area contributed by atoms with E-state index in [9.17, 15) is 9.59 Å². The molecule has 0 saturated carbocycles. The van der Waals surface area contributed by atoms with Gasteiger partial charge >= 0.3 is 6.03 Å². The lowest BCUT2D eigenvalue weighted by molar-refractivity contribution is -0.133. The average Bonchev–Trinajstić information content (AvgIpc) is 2.76. The summed E-state index contributed by atoms with van der Waals surface area (Å²) < 4.78 is 0. The molecule has 0 aliphatic carbocycles. The zero-order valence-corrected chi connectivity index (χ0v) is 14.8. The summed E-state index contributed by atoms with van der Waals surface area (Å²) in [6, 6.07) is 7.72. The van der Waals surface area contributed by atoms with Gasteiger partial charge in [0.15, 0.2) is 0 Å². The van der Waals surface area contributed by atoms with E-state index in [1.165, 1.54) is 10.5 Å². The largest absolute Gasteiger partial charge is 0.325 e. The second-order valence-corrected chi connectivity index (χ2v) is 7.58. The van der Waals surface area contributed by atoms with Gasteiger partial charge in [0.05, 0.1) is 6.54 Å². The number of piperidine rings is 1. The minimum atomic E-state index is -0.685. The van der Waals surface area contributed by atoms with Crippen molar-refractivity contribution in [1.82, 2.24) is 15.1 Å². The molecule has 1 aromatic rings. The van der Waals surface area contributed by atoms with E-state index < -0.39 is 5.54 Å². The maximum atomic E-state index is 12.9. The molecule has 3 rings (SSSR count). The first-order chi connectivity index (χ1) is 11.4. The summed E-state index contributed by atoms with van der Waals surface area (Å²) in [5, 5.41) is 2.99. The Kier molecular flexibility index (Phi) is 4.63. The minimum absolute atomic E-state index is 0.0581. The molecule has 2 aliphatic heterocycles. The predicted molar refractivity (Wildman–Crippen MR) is 93.5 cm³/mol. The molecule has 0 unspecified atom stereocenters. The Labute approximate surface area is 144 Å². The molecule has 0 atom stereocenters. The number of benzene rings is 1. The van der Waals surface area contributed by atoms with Gasteiger partial charge < -0.3 is 10.2 Å². The molecule has 130 valence electrons. The van der Waals surface area contributed by atoms with E-state index in [4.69, 9.17) is 0 Å². The van der Waals surface area contributed by atoms with E-state index in [0.29, 0.717) is 25.3 Å². The second kappa shape index (κ2) is 6.55. The van der Waals surface area contributed by atoms with Gasteiger partial charge in [0, 0.05) is 19.6 Å². The van der Waals surface area contributed by atoms with Crippen LogP contribution < -0.4 is 5.32 Å². The summed E-state index contributed by atoms with van der Waals surface area (Å²) in [5.41, 5.74) is 1.47. The fourth-order valence-electron chi connectivity index (χ4n) is 3.67. The monoisotopic (exact) mass is 329 g/mol. The lowest BCUT2D eigenvalue weighted by Gasteiger charge is -2.38. The van der Waals surface area contributed by atoms with Gasteiger partial charge in [0.25, 0.3) is 5.91 Å². The molecular weight excluding hydrogens is 302 g/mol. The molecule has 2 fully saturated rings. The Bertz CT molecular complexity index is 616. The number of amides is 3. The fourth-order valence-corrected chi connectivity index (χ4v) is 3.67. The standard InChI is InChI=1S/C19H27N3O2/c1-14(2)12-21-10-8-19(9-11-21)17(23)22(18(24)20-19)13-16-6-4-15(3)5-7-16/h4-7,14H,8-13H2,1-3H3,(H,20,24). The molecule has 0 bridgehead atoms. The molecule has 2 saturated heterocycles. The van der Waals surface area contributed by atoms with Gasteiger partial charge in [-0.05, 0) is 31.2 Å². The molecule has 0 aromatic heterocycles. The van der Waals surface area contributed by atoms with Crippen LogP contribution in [0.5, 0.6) is 0 Å². The summed E-state index contributed by atoms with van der Waals surface area (Å²) >= 11 is 0. The van der Waals surface area contributed by atoms with Crippen molar-refractivity contribution in [3.8, 4) is 0 Å². The van der Waals surface area contributed by atoms with Crippen LogP contribution in [0.3, 0.4) is 0 Å². The normalized spacial score (nSPS) is 20.9. The number of urea groups is 1. The van der Waals surface area contributed by atoms with E-state index in [1.54, 1.807) is 0 Å². The number of imide groups is 1. The van der Waals surface area contributed by atoms with Crippen LogP contribution >= 0.6 is 0 Å². The van der Waals surface area contributed by atoms with E-state index in [0.717, 1.165) is 25.2 Å². The van der Waals surface area contributed by atoms with Crippen molar-refractivity contribution in [3.63, 3.8) is 0 Å². The summed E-state index contributed by atoms with van der Waals surface area (Å²) in [6.45, 7) is 9.56. The lowest BCUT2D eigenvalue weighted by Crippen LogP contribution is -2.55. The highest BCUT2D eigenvalue weighted by Crippen LogP contribution is 2.30. The number of nitrogens with one attached hydrogen (secondary N) is 1. The Morgan fingerprint density at radius 1 is 1.12 bits per heavy atom. The number of nitrogens with zero attached hydrogens (tertiary/aromatic N) is 2. The first-order valence-electron chi connectivity index (χ1n) is 8.82. The van der Waals surface area contributed by atoms with E-state index in [2.05, 4.69) is 24.1 Å². The van der Waals surface area contributed by atoms with Gasteiger partial charge in [-0.1, -0.05) is 43.7 Å². The Morgan fingerprint density at radius 3 is 2.33 bits per heavy atom. The maximum Gasteiger partial charge on any atom is 0.325 e. The molecule has 1 aromatic carbocycles. The number of rotatable bonds is 4. The van der Waals surface area contributed by atoms with E-state index in [1.807, 2.05) is 31.2 Å². The van der Waals surface area contributed by atoms with Gasteiger partial charge in [0.2, 0.25) is 0 Å². The third kappa shape index (κ3) is 3.31. The summed E-state index contributed by atoms with van der Waals surface area (Å²) in [5.74, 6) is 0.559. The van der Waals surface area contributed by atoms with Crippen molar-refractivity contribution in [1.29, 1.82) is 0 Å². The molecule has 24 heavy (non-hydrogen) atoms. The number of hydrogen-bond acceptors (Lipinski definition) is 3. The number of carbonyl (C=O) groups is 2. The van der Waals surface area contributed by atoms with Crippen LogP contribution in [0.1, 0.15) is 37.8 Å². The molecule has 0 radical (unpaired) electrons. The zero-order valence-electron chi connectivity index (χ0n) is 14.8. The van der Waals surface area contributed by atoms with Crippen molar-refractivity contribution in [2.24, 2.45) is 5.92 Å². The van der Waals surface area contributed by atoms with Gasteiger partial charge in [-0.25, -0.2) is 4.79 Å². The van der Waals surface area contributed by atoms with Crippen LogP contribution in [0.4, 0.5) is 4.79 Å². The molecule has 1 N–H and O–H groups in total. The van der Waals surface area contributed by atoms with E-state index in [-0.39, 0.29) is 11.9 Å². The highest BCUT2D eigenvalue weighted by Gasteiger charge is 2.52. The SMILES string of the molecule is Cc1ccc(CN2C(=O)NC3(CCN(CC(C)C)CC3)C2=O)cc1. The van der Waals surface area contributed by atoms with Gasteiger partial charge in [0.1, 0.15) is 5.54 Å². The Morgan fingerprint density at radius 2 is 1.75 bits per heavy atom. The highest BCUT2D eigenvalue weighted by atomic mass is 16.2. The number of likely N-dealkylation sites (tertiary alicyclic amines) is 1. The number of aryl methyl sites for hydroxylation is 1. The van der Waals surface area contributed by atoms with Crippen molar-refractivity contribution >= 4 is 11.9 Å². The number of hydrogen-bond donors (Lipinski definition) is 1. The third-order valence-electron chi connectivity index (χ3n) is 5.04. The van der Waals surface area contributed by atoms with Crippen LogP contribution in [-0.2, 0) is 11.3 Å². The number of carbonyl (C=O) groups excluding carboxylic acids is 2. The second-order valence-electron chi connectivity index (χ2n) is 7.58. The Balaban J connectivity index is 1.67. The molecular formula is C19H27N3O2. The van der Waals surface area contributed by atoms with Crippen molar-refractivity contribution in [3.05, 3.63) is 35.4 Å². The van der Waals surface area contributed by atoms with Crippen molar-refractivity contribution in [2.45, 2.75) is 45.7 Å². The van der Waals surface area contributed by atoms with Crippen LogP contribution in [-0.4, -0.2) is 46.9 Å². The third-order valence-corrected chi connectivity index (χ3v) is 5.04. The Hall–Kier alpha value is -1.88. The fraction of sp³-hybridized carbons (Fsp3) is 0.579. The molecule has 5 nitrogen and oxygen atoms in total.